The summed E-state index contributed by atoms with van der Waals surface area (Å²) in [5.41, 5.74) is 2.64. The van der Waals surface area contributed by atoms with Crippen molar-refractivity contribution in [2.45, 2.75) is 33.2 Å². The summed E-state index contributed by atoms with van der Waals surface area (Å²) in [6.45, 7) is 7.13. The summed E-state index contributed by atoms with van der Waals surface area (Å²) in [6, 6.07) is 17.8. The van der Waals surface area contributed by atoms with Crippen LogP contribution in [0.4, 0.5) is 5.82 Å². The van der Waals surface area contributed by atoms with Crippen LogP contribution in [-0.2, 0) is 11.3 Å². The zero-order valence-corrected chi connectivity index (χ0v) is 18.3. The van der Waals surface area contributed by atoms with Crippen LogP contribution in [0.15, 0.2) is 59.4 Å². The predicted octanol–water partition coefficient (Wildman–Crippen LogP) is 3.53. The number of piperazine rings is 1. The van der Waals surface area contributed by atoms with Crippen molar-refractivity contribution in [1.82, 2.24) is 14.5 Å². The number of fused-ring (bicyclic) bond motifs is 1. The van der Waals surface area contributed by atoms with Crippen LogP contribution in [0.5, 0.6) is 0 Å². The average molecular weight is 419 g/mol. The van der Waals surface area contributed by atoms with Gasteiger partial charge in [0.2, 0.25) is 5.91 Å². The quantitative estimate of drug-likeness (QED) is 0.615. The van der Waals surface area contributed by atoms with Crippen LogP contribution in [0.25, 0.3) is 11.0 Å². The van der Waals surface area contributed by atoms with Gasteiger partial charge in [-0.05, 0) is 30.5 Å². The van der Waals surface area contributed by atoms with E-state index in [0.717, 1.165) is 29.4 Å². The number of benzene rings is 2. The largest absolute Gasteiger partial charge is 0.348 e. The van der Waals surface area contributed by atoms with Gasteiger partial charge < -0.3 is 9.80 Å². The molecule has 6 heteroatoms. The topological polar surface area (TPSA) is 58.4 Å². The van der Waals surface area contributed by atoms with Gasteiger partial charge in [0.05, 0.1) is 17.6 Å². The Balaban J connectivity index is 1.62. The van der Waals surface area contributed by atoms with Crippen molar-refractivity contribution in [2.24, 2.45) is 5.92 Å². The maximum absolute atomic E-state index is 13.5. The first-order valence-corrected chi connectivity index (χ1v) is 11.2. The number of aromatic nitrogens is 2. The van der Waals surface area contributed by atoms with Gasteiger partial charge in [0.25, 0.3) is 5.56 Å². The van der Waals surface area contributed by atoms with Crippen LogP contribution in [0, 0.1) is 5.92 Å². The molecule has 0 radical (unpaired) electrons. The minimum Gasteiger partial charge on any atom is -0.348 e. The van der Waals surface area contributed by atoms with Crippen molar-refractivity contribution >= 4 is 22.8 Å². The number of nitrogens with zero attached hydrogens (tertiary/aromatic N) is 4. The lowest BCUT2D eigenvalue weighted by Gasteiger charge is -2.36. The van der Waals surface area contributed by atoms with Crippen LogP contribution < -0.4 is 10.5 Å². The second kappa shape index (κ2) is 9.33. The maximum atomic E-state index is 13.5. The number of anilines is 1. The van der Waals surface area contributed by atoms with Gasteiger partial charge in [0.1, 0.15) is 0 Å². The van der Waals surface area contributed by atoms with E-state index in [0.29, 0.717) is 38.5 Å². The van der Waals surface area contributed by atoms with E-state index >= 15 is 0 Å². The van der Waals surface area contributed by atoms with Gasteiger partial charge in [-0.2, -0.15) is 0 Å². The molecule has 1 fully saturated rings. The molecule has 1 saturated heterocycles. The summed E-state index contributed by atoms with van der Waals surface area (Å²) in [5, 5.41) is 0. The molecule has 0 saturated carbocycles. The third-order valence-electron chi connectivity index (χ3n) is 6.24. The van der Waals surface area contributed by atoms with E-state index in [-0.39, 0.29) is 17.4 Å². The van der Waals surface area contributed by atoms with Gasteiger partial charge in [-0.15, -0.1) is 0 Å². The third-order valence-corrected chi connectivity index (χ3v) is 6.24. The number of hydrogen-bond acceptors (Lipinski definition) is 4. The van der Waals surface area contributed by atoms with Gasteiger partial charge in [0, 0.05) is 32.1 Å². The molecule has 6 nitrogen and oxygen atoms in total. The Labute approximate surface area is 183 Å². The van der Waals surface area contributed by atoms with E-state index in [1.54, 1.807) is 0 Å². The molecule has 1 amide bonds. The molecule has 3 aromatic rings. The van der Waals surface area contributed by atoms with Crippen LogP contribution >= 0.6 is 0 Å². The van der Waals surface area contributed by atoms with Crippen molar-refractivity contribution in [3.8, 4) is 0 Å². The first-order chi connectivity index (χ1) is 15.1. The molecule has 0 atom stereocenters. The van der Waals surface area contributed by atoms with Crippen molar-refractivity contribution in [2.75, 3.05) is 31.1 Å². The molecule has 1 aliphatic heterocycles. The average Bonchev–Trinajstić information content (AvgIpc) is 2.82. The Kier molecular flexibility index (Phi) is 6.35. The summed E-state index contributed by atoms with van der Waals surface area (Å²) in [4.78, 5) is 34.9. The summed E-state index contributed by atoms with van der Waals surface area (Å²) >= 11 is 0. The van der Waals surface area contributed by atoms with Crippen molar-refractivity contribution in [3.05, 3.63) is 70.5 Å². The summed E-state index contributed by atoms with van der Waals surface area (Å²) in [7, 11) is 0. The predicted molar refractivity (Wildman–Crippen MR) is 124 cm³/mol. The van der Waals surface area contributed by atoms with Crippen LogP contribution in [0.1, 0.15) is 32.3 Å². The molecule has 2 aromatic carbocycles. The molecular formula is C25H30N4O2. The lowest BCUT2D eigenvalue weighted by Crippen LogP contribution is -2.52. The maximum Gasteiger partial charge on any atom is 0.294 e. The smallest absolute Gasteiger partial charge is 0.294 e. The number of carbonyl (C=O) groups excluding carboxylic acids is 1. The Morgan fingerprint density at radius 2 is 1.58 bits per heavy atom. The second-order valence-electron chi connectivity index (χ2n) is 8.13. The molecule has 4 rings (SSSR count). The van der Waals surface area contributed by atoms with E-state index in [9.17, 15) is 9.59 Å². The van der Waals surface area contributed by atoms with Crippen molar-refractivity contribution in [1.29, 1.82) is 0 Å². The van der Waals surface area contributed by atoms with Crippen LogP contribution in [0.3, 0.4) is 0 Å². The highest BCUT2D eigenvalue weighted by molar-refractivity contribution is 5.79. The Morgan fingerprint density at radius 1 is 0.935 bits per heavy atom. The fourth-order valence-corrected chi connectivity index (χ4v) is 4.34. The molecule has 31 heavy (non-hydrogen) atoms. The van der Waals surface area contributed by atoms with Crippen molar-refractivity contribution < 1.29 is 4.79 Å². The number of amides is 1. The van der Waals surface area contributed by atoms with E-state index < -0.39 is 0 Å². The molecule has 0 bridgehead atoms. The highest BCUT2D eigenvalue weighted by Crippen LogP contribution is 2.19. The summed E-state index contributed by atoms with van der Waals surface area (Å²) in [5.74, 6) is 0.801. The van der Waals surface area contributed by atoms with E-state index in [2.05, 4.69) is 13.8 Å². The SMILES string of the molecule is CCC(CC)C(=O)N1CCN(c2nc3ccccc3n(Cc3ccccc3)c2=O)CC1. The van der Waals surface area contributed by atoms with Gasteiger partial charge in [-0.25, -0.2) is 4.98 Å². The Morgan fingerprint density at radius 3 is 2.26 bits per heavy atom. The Bertz CT molecular complexity index is 1100. The monoisotopic (exact) mass is 418 g/mol. The number of carbonyl (C=O) groups is 1. The van der Waals surface area contributed by atoms with Gasteiger partial charge >= 0.3 is 0 Å². The molecule has 0 aliphatic carbocycles. The molecule has 162 valence electrons. The molecule has 2 heterocycles. The molecule has 1 aliphatic rings. The normalized spacial score (nSPS) is 14.4. The highest BCUT2D eigenvalue weighted by atomic mass is 16.2. The lowest BCUT2D eigenvalue weighted by molar-refractivity contribution is -0.136. The summed E-state index contributed by atoms with van der Waals surface area (Å²) in [6.07, 6.45) is 1.73. The van der Waals surface area contributed by atoms with Gasteiger partial charge in [0.15, 0.2) is 5.82 Å². The zero-order chi connectivity index (χ0) is 21.8. The molecule has 0 N–H and O–H groups in total. The van der Waals surface area contributed by atoms with Crippen LogP contribution in [0.2, 0.25) is 0 Å². The molecular weight excluding hydrogens is 388 g/mol. The first kappa shape index (κ1) is 21.1. The van der Waals surface area contributed by atoms with E-state index in [1.165, 1.54) is 0 Å². The number of para-hydroxylation sites is 2. The minimum atomic E-state index is -0.0812. The zero-order valence-electron chi connectivity index (χ0n) is 18.3. The molecule has 0 unspecified atom stereocenters. The third kappa shape index (κ3) is 4.33. The Hall–Kier alpha value is -3.15. The van der Waals surface area contributed by atoms with Gasteiger partial charge in [-0.1, -0.05) is 56.3 Å². The first-order valence-electron chi connectivity index (χ1n) is 11.2. The highest BCUT2D eigenvalue weighted by Gasteiger charge is 2.27. The second-order valence-corrected chi connectivity index (χ2v) is 8.13. The molecule has 0 spiro atoms. The minimum absolute atomic E-state index is 0.0812. The summed E-state index contributed by atoms with van der Waals surface area (Å²) < 4.78 is 1.81. The number of rotatable bonds is 6. The fourth-order valence-electron chi connectivity index (χ4n) is 4.34. The number of hydrogen-bond donors (Lipinski definition) is 0. The lowest BCUT2D eigenvalue weighted by atomic mass is 10.0. The molecule has 1 aromatic heterocycles. The van der Waals surface area contributed by atoms with Gasteiger partial charge in [-0.3, -0.25) is 14.2 Å². The fraction of sp³-hybridized carbons (Fsp3) is 0.400. The van der Waals surface area contributed by atoms with E-state index in [1.807, 2.05) is 69.0 Å². The van der Waals surface area contributed by atoms with Crippen molar-refractivity contribution in [3.63, 3.8) is 0 Å². The van der Waals surface area contributed by atoms with Crippen LogP contribution in [-0.4, -0.2) is 46.5 Å². The standard InChI is InChI=1S/C25H30N4O2/c1-3-20(4-2)24(30)28-16-14-27(15-17-28)23-25(31)29(18-19-10-6-5-7-11-19)22-13-9-8-12-21(22)26-23/h5-13,20H,3-4,14-18H2,1-2H3. The van der Waals surface area contributed by atoms with E-state index in [4.69, 9.17) is 4.98 Å².